The van der Waals surface area contributed by atoms with Gasteiger partial charge in [-0.15, -0.1) is 0 Å². The fourth-order valence-electron chi connectivity index (χ4n) is 1.88. The van der Waals surface area contributed by atoms with Crippen LogP contribution < -0.4 is 5.32 Å². The third-order valence-corrected chi connectivity index (χ3v) is 5.42. The number of imide groups is 1. The molecule has 0 saturated carbocycles. The van der Waals surface area contributed by atoms with E-state index in [0.717, 1.165) is 9.34 Å². The number of carbonyl (C=O) groups is 2. The Morgan fingerprint density at radius 1 is 1.11 bits per heavy atom. The minimum atomic E-state index is -3.65. The van der Waals surface area contributed by atoms with Crippen LogP contribution >= 0.6 is 7.67 Å². The molecular formula is C10H20N3O4P. The summed E-state index contributed by atoms with van der Waals surface area (Å²) < 4.78 is 20.5. The van der Waals surface area contributed by atoms with Crippen molar-refractivity contribution in [2.45, 2.75) is 46.7 Å². The molecule has 0 atom stereocenters. The fourth-order valence-corrected chi connectivity index (χ4v) is 4.40. The molecule has 0 spiro atoms. The molecule has 1 fully saturated rings. The lowest BCUT2D eigenvalue weighted by atomic mass is 10.4. The van der Waals surface area contributed by atoms with Crippen molar-refractivity contribution in [2.24, 2.45) is 0 Å². The van der Waals surface area contributed by atoms with Crippen molar-refractivity contribution in [2.75, 3.05) is 6.61 Å². The quantitative estimate of drug-likeness (QED) is 0.800. The lowest BCUT2D eigenvalue weighted by molar-refractivity contribution is 0.155. The molecule has 1 saturated heterocycles. The maximum absolute atomic E-state index is 12.9. The lowest BCUT2D eigenvalue weighted by Gasteiger charge is -2.44. The highest BCUT2D eigenvalue weighted by Crippen LogP contribution is 2.58. The van der Waals surface area contributed by atoms with Crippen molar-refractivity contribution in [1.29, 1.82) is 0 Å². The van der Waals surface area contributed by atoms with Crippen molar-refractivity contribution in [3.05, 3.63) is 0 Å². The average Bonchev–Trinajstić information content (AvgIpc) is 2.13. The summed E-state index contributed by atoms with van der Waals surface area (Å²) in [6.07, 6.45) is 0. The van der Waals surface area contributed by atoms with Crippen LogP contribution in [0, 0.1) is 0 Å². The predicted molar refractivity (Wildman–Crippen MR) is 67.1 cm³/mol. The summed E-state index contributed by atoms with van der Waals surface area (Å²) >= 11 is 0. The van der Waals surface area contributed by atoms with Gasteiger partial charge in [0.15, 0.2) is 0 Å². The largest absolute Gasteiger partial charge is 0.404 e. The standard InChI is InChI=1S/C10H20N3O4P/c1-6-17-18(16)12(7(2)3)9(14)11-10(15)13(18)8(4)5/h7-8H,6H2,1-5H3,(H,11,14,15). The highest BCUT2D eigenvalue weighted by Gasteiger charge is 2.51. The third kappa shape index (κ3) is 2.37. The summed E-state index contributed by atoms with van der Waals surface area (Å²) in [6, 6.07) is -2.03. The topological polar surface area (TPSA) is 79.0 Å². The normalized spacial score (nSPS) is 19.7. The second kappa shape index (κ2) is 5.28. The van der Waals surface area contributed by atoms with Gasteiger partial charge in [-0.3, -0.25) is 9.84 Å². The Labute approximate surface area is 107 Å². The predicted octanol–water partition coefficient (Wildman–Crippen LogP) is 2.40. The molecule has 4 amide bonds. The summed E-state index contributed by atoms with van der Waals surface area (Å²) in [4.78, 5) is 23.6. The van der Waals surface area contributed by atoms with Gasteiger partial charge in [0.25, 0.3) is 0 Å². The van der Waals surface area contributed by atoms with E-state index in [4.69, 9.17) is 4.52 Å². The van der Waals surface area contributed by atoms with Crippen LogP contribution in [0.25, 0.3) is 0 Å². The Kier molecular flexibility index (Phi) is 4.40. The summed E-state index contributed by atoms with van der Waals surface area (Å²) in [7, 11) is -3.65. The lowest BCUT2D eigenvalue weighted by Crippen LogP contribution is -2.58. The van der Waals surface area contributed by atoms with Crippen molar-refractivity contribution < 1.29 is 18.7 Å². The molecular weight excluding hydrogens is 257 g/mol. The Hall–Kier alpha value is -1.07. The van der Waals surface area contributed by atoms with E-state index < -0.39 is 19.7 Å². The first-order valence-electron chi connectivity index (χ1n) is 5.94. The van der Waals surface area contributed by atoms with Crippen LogP contribution in [0.4, 0.5) is 9.59 Å². The van der Waals surface area contributed by atoms with E-state index in [1.165, 1.54) is 0 Å². The Bertz CT molecular complexity index is 367. The minimum absolute atomic E-state index is 0.157. The van der Waals surface area contributed by atoms with Crippen LogP contribution in [0.5, 0.6) is 0 Å². The molecule has 1 aliphatic rings. The van der Waals surface area contributed by atoms with Crippen LogP contribution in [-0.2, 0) is 9.09 Å². The van der Waals surface area contributed by atoms with Crippen LogP contribution in [0.2, 0.25) is 0 Å². The first-order chi connectivity index (χ1) is 8.25. The molecule has 18 heavy (non-hydrogen) atoms. The Morgan fingerprint density at radius 3 is 1.78 bits per heavy atom. The van der Waals surface area contributed by atoms with Gasteiger partial charge in [0, 0.05) is 12.1 Å². The van der Waals surface area contributed by atoms with E-state index in [9.17, 15) is 14.2 Å². The van der Waals surface area contributed by atoms with Gasteiger partial charge in [0.1, 0.15) is 0 Å². The number of nitrogens with zero attached hydrogens (tertiary/aromatic N) is 2. The molecule has 104 valence electrons. The fraction of sp³-hybridized carbons (Fsp3) is 0.800. The van der Waals surface area contributed by atoms with Gasteiger partial charge in [-0.05, 0) is 34.6 Å². The van der Waals surface area contributed by atoms with E-state index in [1.54, 1.807) is 34.6 Å². The van der Waals surface area contributed by atoms with Crippen LogP contribution in [0.15, 0.2) is 0 Å². The molecule has 1 aliphatic heterocycles. The van der Waals surface area contributed by atoms with Crippen LogP contribution in [0.1, 0.15) is 34.6 Å². The molecule has 0 aromatic heterocycles. The first kappa shape index (κ1) is 15.0. The van der Waals surface area contributed by atoms with E-state index in [0.29, 0.717) is 0 Å². The van der Waals surface area contributed by atoms with Gasteiger partial charge in [-0.25, -0.2) is 23.5 Å². The van der Waals surface area contributed by atoms with Gasteiger partial charge >= 0.3 is 19.7 Å². The molecule has 1 rings (SSSR count). The summed E-state index contributed by atoms with van der Waals surface area (Å²) in [5.74, 6) is 0. The van der Waals surface area contributed by atoms with E-state index in [1.807, 2.05) is 0 Å². The maximum Gasteiger partial charge on any atom is 0.404 e. The second-order valence-corrected chi connectivity index (χ2v) is 6.62. The Balaban J connectivity index is 3.29. The van der Waals surface area contributed by atoms with Gasteiger partial charge in [0.05, 0.1) is 6.61 Å². The zero-order valence-corrected chi connectivity index (χ0v) is 12.2. The smallest absolute Gasteiger partial charge is 0.297 e. The summed E-state index contributed by atoms with van der Waals surface area (Å²) in [5.41, 5.74) is 0. The van der Waals surface area contributed by atoms with E-state index >= 15 is 0 Å². The zero-order chi connectivity index (χ0) is 14.1. The molecule has 0 radical (unpaired) electrons. The number of hydrogen-bond donors (Lipinski definition) is 1. The number of carbonyl (C=O) groups excluding carboxylic acids is 2. The van der Waals surface area contributed by atoms with Crippen molar-refractivity contribution in [3.63, 3.8) is 0 Å². The molecule has 1 heterocycles. The van der Waals surface area contributed by atoms with Gasteiger partial charge in [0.2, 0.25) is 0 Å². The van der Waals surface area contributed by atoms with Crippen LogP contribution in [0.3, 0.4) is 0 Å². The number of rotatable bonds is 4. The maximum atomic E-state index is 12.9. The zero-order valence-electron chi connectivity index (χ0n) is 11.3. The number of amides is 4. The molecule has 7 nitrogen and oxygen atoms in total. The molecule has 8 heteroatoms. The molecule has 0 unspecified atom stereocenters. The van der Waals surface area contributed by atoms with Crippen molar-refractivity contribution >= 4 is 19.7 Å². The van der Waals surface area contributed by atoms with Crippen molar-refractivity contribution in [1.82, 2.24) is 14.7 Å². The highest BCUT2D eigenvalue weighted by atomic mass is 31.2. The van der Waals surface area contributed by atoms with E-state index in [2.05, 4.69) is 5.32 Å². The first-order valence-corrected chi connectivity index (χ1v) is 7.47. The second-order valence-electron chi connectivity index (χ2n) is 4.52. The summed E-state index contributed by atoms with van der Waals surface area (Å²) in [5, 5.41) is 2.18. The summed E-state index contributed by atoms with van der Waals surface area (Å²) in [6.45, 7) is 8.72. The molecule has 1 N–H and O–H groups in total. The highest BCUT2D eigenvalue weighted by molar-refractivity contribution is 7.55. The average molecular weight is 277 g/mol. The van der Waals surface area contributed by atoms with Gasteiger partial charge in [-0.1, -0.05) is 0 Å². The molecule has 0 aromatic carbocycles. The van der Waals surface area contributed by atoms with Gasteiger partial charge < -0.3 is 0 Å². The molecule has 0 aliphatic carbocycles. The van der Waals surface area contributed by atoms with Crippen molar-refractivity contribution in [3.8, 4) is 0 Å². The van der Waals surface area contributed by atoms with E-state index in [-0.39, 0.29) is 18.7 Å². The third-order valence-electron chi connectivity index (χ3n) is 2.45. The SMILES string of the molecule is CCOP1(=O)N(C(C)C)C(=O)NC(=O)N1C(C)C. The number of nitrogens with one attached hydrogen (secondary N) is 1. The Morgan fingerprint density at radius 2 is 1.50 bits per heavy atom. The minimum Gasteiger partial charge on any atom is -0.297 e. The van der Waals surface area contributed by atoms with Crippen LogP contribution in [-0.4, -0.2) is 40.1 Å². The number of hydrogen-bond acceptors (Lipinski definition) is 4. The monoisotopic (exact) mass is 277 g/mol. The molecule has 0 bridgehead atoms. The number of urea groups is 2. The van der Waals surface area contributed by atoms with Gasteiger partial charge in [-0.2, -0.15) is 0 Å². The molecule has 0 aromatic rings.